The molecule has 1 aromatic carbocycles. The Hall–Kier alpha value is -1.72. The van der Waals surface area contributed by atoms with E-state index in [9.17, 15) is 5.11 Å². The summed E-state index contributed by atoms with van der Waals surface area (Å²) in [5, 5.41) is 17.5. The summed E-state index contributed by atoms with van der Waals surface area (Å²) in [6.07, 6.45) is 0.424. The molecule has 1 N–H and O–H groups in total. The molecule has 0 spiro atoms. The second kappa shape index (κ2) is 6.63. The van der Waals surface area contributed by atoms with Crippen LogP contribution >= 0.6 is 0 Å². The van der Waals surface area contributed by atoms with Crippen molar-refractivity contribution in [1.29, 1.82) is 0 Å². The summed E-state index contributed by atoms with van der Waals surface area (Å²) in [5.41, 5.74) is 0.921. The summed E-state index contributed by atoms with van der Waals surface area (Å²) < 4.78 is 5.73. The van der Waals surface area contributed by atoms with Crippen molar-refractivity contribution in [3.8, 4) is 11.5 Å². The summed E-state index contributed by atoms with van der Waals surface area (Å²) in [5.74, 6) is 1.13. The van der Waals surface area contributed by atoms with Gasteiger partial charge >= 0.3 is 0 Å². The molecule has 0 saturated heterocycles. The van der Waals surface area contributed by atoms with E-state index in [2.05, 4.69) is 15.1 Å². The number of hydrogen-bond donors (Lipinski definition) is 1. The quantitative estimate of drug-likeness (QED) is 0.877. The van der Waals surface area contributed by atoms with Gasteiger partial charge in [-0.3, -0.25) is 4.90 Å². The Morgan fingerprint density at radius 2 is 1.90 bits per heavy atom. The highest BCUT2D eigenvalue weighted by Crippen LogP contribution is 2.23. The molecule has 0 amide bonds. The standard InChI is InChI=1S/C15H21N3O2/c1-11(19)9-10-18(3)12(2)14-16-17-15(20-14)13-7-5-4-6-8-13/h4-8,11-12,19H,9-10H2,1-3H3. The van der Waals surface area contributed by atoms with Gasteiger partial charge in [-0.2, -0.15) is 0 Å². The lowest BCUT2D eigenvalue weighted by atomic mass is 10.2. The number of aliphatic hydroxyl groups is 1. The summed E-state index contributed by atoms with van der Waals surface area (Å²) in [7, 11) is 1.99. The number of benzene rings is 1. The van der Waals surface area contributed by atoms with E-state index >= 15 is 0 Å². The van der Waals surface area contributed by atoms with Gasteiger partial charge in [0.25, 0.3) is 0 Å². The SMILES string of the molecule is CC(O)CCN(C)C(C)c1nnc(-c2ccccc2)o1. The Labute approximate surface area is 119 Å². The van der Waals surface area contributed by atoms with Crippen molar-refractivity contribution >= 4 is 0 Å². The lowest BCUT2D eigenvalue weighted by Crippen LogP contribution is -2.26. The average molecular weight is 275 g/mol. The average Bonchev–Trinajstić information content (AvgIpc) is 2.94. The molecule has 0 aliphatic heterocycles. The summed E-state index contributed by atoms with van der Waals surface area (Å²) >= 11 is 0. The van der Waals surface area contributed by atoms with Crippen molar-refractivity contribution in [1.82, 2.24) is 15.1 Å². The third kappa shape index (κ3) is 3.65. The monoisotopic (exact) mass is 275 g/mol. The molecule has 0 aliphatic rings. The van der Waals surface area contributed by atoms with E-state index in [4.69, 9.17) is 4.42 Å². The van der Waals surface area contributed by atoms with Crippen LogP contribution in [0.2, 0.25) is 0 Å². The zero-order valence-corrected chi connectivity index (χ0v) is 12.2. The first-order valence-corrected chi connectivity index (χ1v) is 6.85. The normalized spacial score (nSPS) is 14.4. The maximum Gasteiger partial charge on any atom is 0.247 e. The molecule has 108 valence electrons. The van der Waals surface area contributed by atoms with E-state index in [0.717, 1.165) is 18.5 Å². The fraction of sp³-hybridized carbons (Fsp3) is 0.467. The van der Waals surface area contributed by atoms with Crippen molar-refractivity contribution in [2.75, 3.05) is 13.6 Å². The van der Waals surface area contributed by atoms with Crippen LogP contribution in [0.3, 0.4) is 0 Å². The Morgan fingerprint density at radius 1 is 1.20 bits per heavy atom. The maximum atomic E-state index is 9.33. The second-order valence-corrected chi connectivity index (χ2v) is 5.11. The minimum atomic E-state index is -0.299. The molecule has 1 aromatic heterocycles. The van der Waals surface area contributed by atoms with Crippen LogP contribution in [0.15, 0.2) is 34.7 Å². The van der Waals surface area contributed by atoms with Gasteiger partial charge in [-0.05, 0) is 39.4 Å². The van der Waals surface area contributed by atoms with Crippen LogP contribution < -0.4 is 0 Å². The van der Waals surface area contributed by atoms with Gasteiger partial charge in [-0.1, -0.05) is 18.2 Å². The van der Waals surface area contributed by atoms with E-state index in [1.54, 1.807) is 6.92 Å². The largest absolute Gasteiger partial charge is 0.419 e. The molecule has 1 heterocycles. The Kier molecular flexibility index (Phi) is 4.87. The molecule has 5 nitrogen and oxygen atoms in total. The summed E-state index contributed by atoms with van der Waals surface area (Å²) in [6.45, 7) is 4.59. The Morgan fingerprint density at radius 3 is 2.55 bits per heavy atom. The first kappa shape index (κ1) is 14.7. The molecular weight excluding hydrogens is 254 g/mol. The van der Waals surface area contributed by atoms with Gasteiger partial charge in [-0.15, -0.1) is 10.2 Å². The topological polar surface area (TPSA) is 62.4 Å². The molecule has 20 heavy (non-hydrogen) atoms. The predicted octanol–water partition coefficient (Wildman–Crippen LogP) is 2.50. The highest BCUT2D eigenvalue weighted by Gasteiger charge is 2.19. The van der Waals surface area contributed by atoms with E-state index < -0.39 is 0 Å². The molecule has 0 saturated carbocycles. The van der Waals surface area contributed by atoms with Gasteiger partial charge in [0, 0.05) is 12.1 Å². The first-order valence-electron chi connectivity index (χ1n) is 6.85. The molecule has 0 radical (unpaired) electrons. The van der Waals surface area contributed by atoms with Crippen LogP contribution in [-0.2, 0) is 0 Å². The predicted molar refractivity (Wildman–Crippen MR) is 77.1 cm³/mol. The van der Waals surface area contributed by atoms with E-state index in [-0.39, 0.29) is 12.1 Å². The van der Waals surface area contributed by atoms with Crippen LogP contribution in [-0.4, -0.2) is 39.9 Å². The number of aliphatic hydroxyl groups excluding tert-OH is 1. The van der Waals surface area contributed by atoms with Crippen molar-refractivity contribution in [2.24, 2.45) is 0 Å². The molecule has 0 aliphatic carbocycles. The minimum absolute atomic E-state index is 0.0266. The lowest BCUT2D eigenvalue weighted by Gasteiger charge is -2.22. The van der Waals surface area contributed by atoms with E-state index in [1.165, 1.54) is 0 Å². The molecule has 2 aromatic rings. The lowest BCUT2D eigenvalue weighted by molar-refractivity contribution is 0.146. The fourth-order valence-electron chi connectivity index (χ4n) is 1.87. The maximum absolute atomic E-state index is 9.33. The second-order valence-electron chi connectivity index (χ2n) is 5.11. The highest BCUT2D eigenvalue weighted by molar-refractivity contribution is 5.51. The third-order valence-electron chi connectivity index (χ3n) is 3.38. The zero-order valence-electron chi connectivity index (χ0n) is 12.2. The Balaban J connectivity index is 2.05. The summed E-state index contributed by atoms with van der Waals surface area (Å²) in [6, 6.07) is 9.75. The van der Waals surface area contributed by atoms with Gasteiger partial charge in [-0.25, -0.2) is 0 Å². The van der Waals surface area contributed by atoms with Crippen LogP contribution in [0.25, 0.3) is 11.5 Å². The zero-order chi connectivity index (χ0) is 14.5. The third-order valence-corrected chi connectivity index (χ3v) is 3.38. The van der Waals surface area contributed by atoms with Crippen molar-refractivity contribution in [2.45, 2.75) is 32.4 Å². The fourth-order valence-corrected chi connectivity index (χ4v) is 1.87. The van der Waals surface area contributed by atoms with Crippen LogP contribution in [0.4, 0.5) is 0 Å². The van der Waals surface area contributed by atoms with Gasteiger partial charge in [0.2, 0.25) is 11.8 Å². The number of rotatable bonds is 6. The van der Waals surface area contributed by atoms with Gasteiger partial charge in [0.1, 0.15) is 0 Å². The molecule has 5 heteroatoms. The highest BCUT2D eigenvalue weighted by atomic mass is 16.4. The summed E-state index contributed by atoms with van der Waals surface area (Å²) in [4.78, 5) is 2.09. The number of nitrogens with zero attached hydrogens (tertiary/aromatic N) is 3. The smallest absolute Gasteiger partial charge is 0.247 e. The van der Waals surface area contributed by atoms with Crippen molar-refractivity contribution in [3.05, 3.63) is 36.2 Å². The van der Waals surface area contributed by atoms with Crippen LogP contribution in [0, 0.1) is 0 Å². The van der Waals surface area contributed by atoms with Crippen molar-refractivity contribution in [3.63, 3.8) is 0 Å². The van der Waals surface area contributed by atoms with Crippen LogP contribution in [0.1, 0.15) is 32.2 Å². The molecular formula is C15H21N3O2. The minimum Gasteiger partial charge on any atom is -0.419 e. The van der Waals surface area contributed by atoms with Gasteiger partial charge in [0.15, 0.2) is 0 Å². The molecule has 0 bridgehead atoms. The van der Waals surface area contributed by atoms with Gasteiger partial charge < -0.3 is 9.52 Å². The molecule has 2 atom stereocenters. The first-order chi connectivity index (χ1) is 9.58. The molecule has 2 unspecified atom stereocenters. The van der Waals surface area contributed by atoms with Gasteiger partial charge in [0.05, 0.1) is 12.1 Å². The van der Waals surface area contributed by atoms with Crippen molar-refractivity contribution < 1.29 is 9.52 Å². The molecule has 0 fully saturated rings. The number of aromatic nitrogens is 2. The Bertz CT molecular complexity index is 525. The van der Waals surface area contributed by atoms with E-state index in [0.29, 0.717) is 11.8 Å². The molecule has 2 rings (SSSR count). The van der Waals surface area contributed by atoms with Crippen LogP contribution in [0.5, 0.6) is 0 Å². The number of hydrogen-bond acceptors (Lipinski definition) is 5. The van der Waals surface area contributed by atoms with E-state index in [1.807, 2.05) is 44.3 Å².